The van der Waals surface area contributed by atoms with Gasteiger partial charge in [0, 0.05) is 19.3 Å². The number of hydrogen-bond acceptors (Lipinski definition) is 4. The third-order valence-electron chi connectivity index (χ3n) is 7.52. The van der Waals surface area contributed by atoms with E-state index in [4.69, 9.17) is 9.47 Å². The molecule has 0 saturated heterocycles. The monoisotopic (exact) mass is 601 g/mol. The fraction of sp³-hybridized carbons (Fsp3) is 0.744. The van der Waals surface area contributed by atoms with Crippen molar-refractivity contribution in [3.63, 3.8) is 0 Å². The number of unbranched alkanes of at least 4 members (excludes halogenated alkanes) is 16. The molecule has 0 fully saturated rings. The Morgan fingerprint density at radius 1 is 0.442 bits per heavy atom. The first-order chi connectivity index (χ1) is 21.1. The smallest absolute Gasteiger partial charge is 0.308 e. The summed E-state index contributed by atoms with van der Waals surface area (Å²) in [4.78, 5) is 24.4. The Bertz CT molecular complexity index is 674. The normalized spacial score (nSPS) is 12.1. The highest BCUT2D eigenvalue weighted by Crippen LogP contribution is 2.13. The first-order valence-electron chi connectivity index (χ1n) is 18.1. The van der Waals surface area contributed by atoms with Crippen molar-refractivity contribution in [2.75, 3.05) is 0 Å². The van der Waals surface area contributed by atoms with Crippen LogP contribution in [0, 0.1) is 0 Å². The first-order valence-corrected chi connectivity index (χ1v) is 18.1. The molecule has 4 heteroatoms. The largest absolute Gasteiger partial charge is 0.425 e. The van der Waals surface area contributed by atoms with Gasteiger partial charge in [-0.25, -0.2) is 0 Å². The number of allylic oxidation sites excluding steroid dienone is 8. The van der Waals surface area contributed by atoms with Crippen LogP contribution in [0.25, 0.3) is 0 Å². The molecule has 0 unspecified atom stereocenters. The highest BCUT2D eigenvalue weighted by molar-refractivity contribution is 5.71. The average molecular weight is 601 g/mol. The summed E-state index contributed by atoms with van der Waals surface area (Å²) in [6.07, 6.45) is 44.1. The number of carbonyl (C=O) groups excluding carboxylic acids is 2. The molecule has 0 aliphatic rings. The zero-order valence-corrected chi connectivity index (χ0v) is 28.5. The molecule has 0 heterocycles. The number of esters is 2. The molecule has 0 aromatic rings. The molecular formula is C39H68O4. The number of rotatable bonds is 31. The zero-order chi connectivity index (χ0) is 31.5. The van der Waals surface area contributed by atoms with E-state index in [1.54, 1.807) is 0 Å². The minimum absolute atomic E-state index is 0.262. The predicted molar refractivity (Wildman–Crippen MR) is 185 cm³/mol. The van der Waals surface area contributed by atoms with Crippen LogP contribution in [0.5, 0.6) is 0 Å². The molecule has 4 nitrogen and oxygen atoms in total. The lowest BCUT2D eigenvalue weighted by Gasteiger charge is -2.16. The summed E-state index contributed by atoms with van der Waals surface area (Å²) in [5, 5.41) is 0. The van der Waals surface area contributed by atoms with E-state index in [2.05, 4.69) is 62.5 Å². The maximum atomic E-state index is 12.2. The van der Waals surface area contributed by atoms with Gasteiger partial charge in [-0.1, -0.05) is 134 Å². The summed E-state index contributed by atoms with van der Waals surface area (Å²) >= 11 is 0. The Hall–Kier alpha value is -2.10. The summed E-state index contributed by atoms with van der Waals surface area (Å²) in [6, 6.07) is 0. The summed E-state index contributed by atoms with van der Waals surface area (Å²) in [6.45, 7) is 6.36. The molecule has 0 saturated carbocycles. The van der Waals surface area contributed by atoms with E-state index in [1.807, 2.05) is 6.92 Å². The number of hydrogen-bond donors (Lipinski definition) is 0. The molecular weight excluding hydrogens is 532 g/mol. The minimum atomic E-state index is -0.754. The summed E-state index contributed by atoms with van der Waals surface area (Å²) in [7, 11) is 0. The van der Waals surface area contributed by atoms with Crippen LogP contribution in [0.4, 0.5) is 0 Å². The zero-order valence-electron chi connectivity index (χ0n) is 28.5. The highest BCUT2D eigenvalue weighted by atomic mass is 16.7. The molecule has 0 spiro atoms. The van der Waals surface area contributed by atoms with Crippen molar-refractivity contribution in [2.45, 2.75) is 188 Å². The van der Waals surface area contributed by atoms with Crippen LogP contribution >= 0.6 is 0 Å². The third-order valence-corrected chi connectivity index (χ3v) is 7.52. The van der Waals surface area contributed by atoms with Gasteiger partial charge >= 0.3 is 11.9 Å². The Labute approximate surface area is 266 Å². The van der Waals surface area contributed by atoms with Crippen LogP contribution in [0.1, 0.15) is 181 Å². The van der Waals surface area contributed by atoms with Crippen LogP contribution in [0.3, 0.4) is 0 Å². The van der Waals surface area contributed by atoms with Crippen molar-refractivity contribution in [3.05, 3.63) is 48.6 Å². The molecule has 0 amide bonds. The lowest BCUT2D eigenvalue weighted by atomic mass is 10.1. The van der Waals surface area contributed by atoms with Crippen molar-refractivity contribution in [1.29, 1.82) is 0 Å². The second-order valence-corrected chi connectivity index (χ2v) is 11.8. The summed E-state index contributed by atoms with van der Waals surface area (Å²) in [5.41, 5.74) is 0. The Morgan fingerprint density at radius 2 is 0.767 bits per heavy atom. The van der Waals surface area contributed by atoms with Gasteiger partial charge in [0.15, 0.2) is 0 Å². The lowest BCUT2D eigenvalue weighted by molar-refractivity contribution is -0.188. The second-order valence-electron chi connectivity index (χ2n) is 11.8. The van der Waals surface area contributed by atoms with E-state index in [-0.39, 0.29) is 11.9 Å². The van der Waals surface area contributed by atoms with Gasteiger partial charge in [-0.05, 0) is 77.0 Å². The summed E-state index contributed by atoms with van der Waals surface area (Å²) < 4.78 is 10.8. The Kier molecular flexibility index (Phi) is 32.7. The van der Waals surface area contributed by atoms with Crippen molar-refractivity contribution in [3.8, 4) is 0 Å². The molecule has 0 rings (SSSR count). The molecule has 0 aromatic carbocycles. The van der Waals surface area contributed by atoms with E-state index >= 15 is 0 Å². The second kappa shape index (κ2) is 34.4. The first kappa shape index (κ1) is 40.9. The van der Waals surface area contributed by atoms with E-state index in [0.29, 0.717) is 19.3 Å². The highest BCUT2D eigenvalue weighted by Gasteiger charge is 2.16. The van der Waals surface area contributed by atoms with Gasteiger partial charge in [0.1, 0.15) is 0 Å². The van der Waals surface area contributed by atoms with Gasteiger partial charge in [-0.3, -0.25) is 9.59 Å². The SMILES string of the molecule is CCCCC/C=C\C/C=C\CCCCCCCC(=O)OC(CC)OC(=O)CCCCCCC/C=C\C/C=C\CCCCC. The fourth-order valence-corrected chi connectivity index (χ4v) is 4.76. The maximum Gasteiger partial charge on any atom is 0.308 e. The number of carbonyl (C=O) groups is 2. The van der Waals surface area contributed by atoms with Gasteiger partial charge < -0.3 is 9.47 Å². The average Bonchev–Trinajstić information content (AvgIpc) is 3.00. The molecule has 248 valence electrons. The quantitative estimate of drug-likeness (QED) is 0.0344. The maximum absolute atomic E-state index is 12.2. The lowest BCUT2D eigenvalue weighted by Crippen LogP contribution is -2.23. The van der Waals surface area contributed by atoms with Crippen LogP contribution in [0.15, 0.2) is 48.6 Å². The van der Waals surface area contributed by atoms with Crippen molar-refractivity contribution < 1.29 is 19.1 Å². The van der Waals surface area contributed by atoms with Crippen LogP contribution in [0.2, 0.25) is 0 Å². The molecule has 0 aliphatic heterocycles. The van der Waals surface area contributed by atoms with Gasteiger partial charge in [0.05, 0.1) is 0 Å². The topological polar surface area (TPSA) is 52.6 Å². The Morgan fingerprint density at radius 3 is 1.12 bits per heavy atom. The predicted octanol–water partition coefficient (Wildman–Crippen LogP) is 12.4. The molecule has 0 aromatic heterocycles. The minimum Gasteiger partial charge on any atom is -0.425 e. The van der Waals surface area contributed by atoms with Crippen LogP contribution < -0.4 is 0 Å². The van der Waals surface area contributed by atoms with Gasteiger partial charge in [-0.2, -0.15) is 0 Å². The molecule has 43 heavy (non-hydrogen) atoms. The van der Waals surface area contributed by atoms with E-state index in [1.165, 1.54) is 77.0 Å². The molecule has 0 aliphatic carbocycles. The fourth-order valence-electron chi connectivity index (χ4n) is 4.76. The van der Waals surface area contributed by atoms with E-state index in [0.717, 1.165) is 64.2 Å². The van der Waals surface area contributed by atoms with Gasteiger partial charge in [0.25, 0.3) is 0 Å². The molecule has 0 bridgehead atoms. The number of ether oxygens (including phenoxy) is 2. The van der Waals surface area contributed by atoms with Crippen LogP contribution in [-0.2, 0) is 19.1 Å². The Balaban J connectivity index is 3.66. The van der Waals surface area contributed by atoms with E-state index < -0.39 is 6.29 Å². The van der Waals surface area contributed by atoms with Crippen molar-refractivity contribution in [1.82, 2.24) is 0 Å². The standard InChI is InChI=1S/C39H68O4/c1-4-7-9-11-13-15-17-19-21-23-25-27-29-31-33-35-37(40)42-39(6-3)43-38(41)36-34-32-30-28-26-24-22-20-18-16-14-12-10-8-5-2/h13-16,19-22,39H,4-12,17-18,23-36H2,1-3H3/b15-13-,16-14-,21-19-,22-20-. The van der Waals surface area contributed by atoms with Crippen molar-refractivity contribution in [2.24, 2.45) is 0 Å². The summed E-state index contributed by atoms with van der Waals surface area (Å²) in [5.74, 6) is -0.523. The molecule has 0 N–H and O–H groups in total. The van der Waals surface area contributed by atoms with Gasteiger partial charge in [0.2, 0.25) is 6.29 Å². The van der Waals surface area contributed by atoms with E-state index in [9.17, 15) is 9.59 Å². The molecule has 0 atom stereocenters. The molecule has 0 radical (unpaired) electrons. The van der Waals surface area contributed by atoms with Crippen molar-refractivity contribution >= 4 is 11.9 Å². The third kappa shape index (κ3) is 32.6. The van der Waals surface area contributed by atoms with Crippen LogP contribution in [-0.4, -0.2) is 18.2 Å². The van der Waals surface area contributed by atoms with Gasteiger partial charge in [-0.15, -0.1) is 0 Å².